The van der Waals surface area contributed by atoms with Crippen molar-refractivity contribution >= 4 is 52.8 Å². The number of carbonyl (C=O) groups is 5. The number of amides is 4. The van der Waals surface area contributed by atoms with Gasteiger partial charge in [-0.15, -0.1) is 0 Å². The number of nitrogens with one attached hydrogen (secondary N) is 2. The van der Waals surface area contributed by atoms with E-state index < -0.39 is 29.3 Å². The van der Waals surface area contributed by atoms with E-state index in [2.05, 4.69) is 104 Å². The first kappa shape index (κ1) is 54.6. The summed E-state index contributed by atoms with van der Waals surface area (Å²) in [6.07, 6.45) is 10.6. The summed E-state index contributed by atoms with van der Waals surface area (Å²) >= 11 is 0. The summed E-state index contributed by atoms with van der Waals surface area (Å²) in [6.45, 7) is 23.8. The number of aliphatic imine (C=N–C) groups is 1. The van der Waals surface area contributed by atoms with Gasteiger partial charge in [-0.1, -0.05) is 77.3 Å². The van der Waals surface area contributed by atoms with Gasteiger partial charge in [0.05, 0.1) is 30.7 Å². The maximum absolute atomic E-state index is 14.8. The first-order chi connectivity index (χ1) is 34.8. The third-order valence-corrected chi connectivity index (χ3v) is 15.0. The zero-order valence-corrected chi connectivity index (χ0v) is 44.7. The average Bonchev–Trinajstić information content (AvgIpc) is 3.98. The first-order valence-corrected chi connectivity index (χ1v) is 26.1. The number of rotatable bonds is 13. The molecule has 15 heteroatoms. The van der Waals surface area contributed by atoms with E-state index >= 15 is 0 Å². The minimum atomic E-state index is -1.02. The van der Waals surface area contributed by atoms with Gasteiger partial charge in [-0.05, 0) is 117 Å². The van der Waals surface area contributed by atoms with Gasteiger partial charge < -0.3 is 34.1 Å². The molecule has 5 atom stereocenters. The zero-order valence-electron chi connectivity index (χ0n) is 44.7. The molecule has 4 aliphatic heterocycles. The molecular weight excluding hydrogens is 921 g/mol. The lowest BCUT2D eigenvalue weighted by Crippen LogP contribution is -2.61. The third kappa shape index (κ3) is 13.0. The Morgan fingerprint density at radius 3 is 2.52 bits per heavy atom. The molecule has 6 bridgehead atoms. The van der Waals surface area contributed by atoms with Crippen LogP contribution in [0.15, 0.2) is 89.6 Å². The molecule has 392 valence electrons. The van der Waals surface area contributed by atoms with Crippen molar-refractivity contribution in [2.24, 2.45) is 22.2 Å². The normalized spacial score (nSPS) is 22.1. The topological polar surface area (TPSA) is 158 Å². The molecule has 0 aliphatic carbocycles. The number of ether oxygens (including phenoxy) is 2. The molecule has 2 N–H and O–H groups in total. The molecule has 3 aromatic rings. The van der Waals surface area contributed by atoms with Crippen LogP contribution in [0.3, 0.4) is 0 Å². The van der Waals surface area contributed by atoms with Crippen molar-refractivity contribution in [1.82, 2.24) is 35.0 Å². The molecule has 4 amide bonds. The molecule has 4 aliphatic rings. The van der Waals surface area contributed by atoms with Crippen molar-refractivity contribution in [3.8, 4) is 11.1 Å². The van der Waals surface area contributed by atoms with Gasteiger partial charge in [-0.25, -0.2) is 5.43 Å². The third-order valence-electron chi connectivity index (χ3n) is 15.0. The number of aryl methyl sites for hydroxylation is 1. The van der Waals surface area contributed by atoms with E-state index in [1.54, 1.807) is 19.1 Å². The highest BCUT2D eigenvalue weighted by atomic mass is 16.5. The molecule has 1 aromatic heterocycles. The SMILES string of the molecule is C=CC(=O)N1CC[C@H](C(=O)N(C)[C@H](C(=O)N[C@H]2Cc3cccc(c3)-c3ccc4c(c3)c(c(/C=C(/N=CC(=C)C3=CCN(C)CC3)[C@H](C)OC)n4CC)CC(C)(C)COC(=O)C[C@@H]3CCCN(N3)C2=O)C(C)C)C1. The van der Waals surface area contributed by atoms with E-state index in [4.69, 9.17) is 14.5 Å². The van der Waals surface area contributed by atoms with E-state index in [-0.39, 0.29) is 67.7 Å². The Morgan fingerprint density at radius 2 is 1.82 bits per heavy atom. The number of cyclic esters (lactones) is 1. The zero-order chi connectivity index (χ0) is 52.7. The Bertz CT molecular complexity index is 2680. The predicted molar refractivity (Wildman–Crippen MR) is 288 cm³/mol. The quantitative estimate of drug-likeness (QED) is 0.103. The van der Waals surface area contributed by atoms with Gasteiger partial charge >= 0.3 is 5.97 Å². The van der Waals surface area contributed by atoms with E-state index in [0.717, 1.165) is 69.6 Å². The second-order valence-electron chi connectivity index (χ2n) is 21.6. The molecule has 0 radical (unpaired) electrons. The van der Waals surface area contributed by atoms with E-state index in [0.29, 0.717) is 45.3 Å². The molecule has 7 rings (SSSR count). The summed E-state index contributed by atoms with van der Waals surface area (Å²) in [5.41, 5.74) is 11.6. The van der Waals surface area contributed by atoms with Gasteiger partial charge in [0.1, 0.15) is 12.1 Å². The van der Waals surface area contributed by atoms with Crippen molar-refractivity contribution < 1.29 is 33.4 Å². The number of carbonyl (C=O) groups excluding carboxylic acids is 5. The molecule has 5 heterocycles. The molecule has 15 nitrogen and oxygen atoms in total. The summed E-state index contributed by atoms with van der Waals surface area (Å²) < 4.78 is 14.4. The highest BCUT2D eigenvalue weighted by molar-refractivity contribution is 5.95. The van der Waals surface area contributed by atoms with Crippen LogP contribution in [0.25, 0.3) is 28.1 Å². The summed E-state index contributed by atoms with van der Waals surface area (Å²) in [5, 5.41) is 5.69. The van der Waals surface area contributed by atoms with Crippen LogP contribution in [0.1, 0.15) is 90.5 Å². The fourth-order valence-corrected chi connectivity index (χ4v) is 10.8. The Kier molecular flexibility index (Phi) is 17.8. The number of esters is 1. The van der Waals surface area contributed by atoms with Gasteiger partial charge in [0, 0.05) is 94.1 Å². The highest BCUT2D eigenvalue weighted by Gasteiger charge is 2.39. The number of likely N-dealkylation sites (tertiary alicyclic amines) is 1. The molecule has 2 fully saturated rings. The average molecular weight is 999 g/mol. The Balaban J connectivity index is 1.28. The van der Waals surface area contributed by atoms with Crippen LogP contribution in [0.2, 0.25) is 0 Å². The summed E-state index contributed by atoms with van der Waals surface area (Å²) in [5.74, 6) is -2.39. The van der Waals surface area contributed by atoms with Gasteiger partial charge in [0.15, 0.2) is 0 Å². The van der Waals surface area contributed by atoms with Gasteiger partial charge in [0.25, 0.3) is 5.91 Å². The number of benzene rings is 2. The fourth-order valence-electron chi connectivity index (χ4n) is 10.8. The summed E-state index contributed by atoms with van der Waals surface area (Å²) in [4.78, 5) is 79.9. The van der Waals surface area contributed by atoms with Crippen LogP contribution in [0.5, 0.6) is 0 Å². The van der Waals surface area contributed by atoms with Crippen LogP contribution in [0.4, 0.5) is 0 Å². The van der Waals surface area contributed by atoms with Crippen molar-refractivity contribution in [3.63, 3.8) is 0 Å². The molecule has 0 unspecified atom stereocenters. The van der Waals surface area contributed by atoms with Gasteiger partial charge in [-0.3, -0.25) is 34.0 Å². The van der Waals surface area contributed by atoms with Crippen LogP contribution >= 0.6 is 0 Å². The molecule has 2 aromatic carbocycles. The number of hydrogen-bond acceptors (Lipinski definition) is 10. The second kappa shape index (κ2) is 23.8. The van der Waals surface area contributed by atoms with E-state index in [1.165, 1.54) is 21.6 Å². The molecule has 73 heavy (non-hydrogen) atoms. The molecule has 0 saturated carbocycles. The lowest BCUT2D eigenvalue weighted by atomic mass is 9.85. The van der Waals surface area contributed by atoms with Crippen molar-refractivity contribution in [2.75, 3.05) is 60.5 Å². The first-order valence-electron chi connectivity index (χ1n) is 26.1. The summed E-state index contributed by atoms with van der Waals surface area (Å²) in [7, 11) is 5.42. The lowest BCUT2D eigenvalue weighted by Gasteiger charge is -2.37. The van der Waals surface area contributed by atoms with Crippen LogP contribution in [-0.2, 0) is 52.8 Å². The largest absolute Gasteiger partial charge is 0.465 e. The smallest absolute Gasteiger partial charge is 0.307 e. The second-order valence-corrected chi connectivity index (χ2v) is 21.6. The lowest BCUT2D eigenvalue weighted by molar-refractivity contribution is -0.150. The Labute approximate surface area is 432 Å². The van der Waals surface area contributed by atoms with Crippen LogP contribution in [0, 0.1) is 17.3 Å². The van der Waals surface area contributed by atoms with Gasteiger partial charge in [0.2, 0.25) is 17.7 Å². The van der Waals surface area contributed by atoms with Crippen molar-refractivity contribution in [1.29, 1.82) is 0 Å². The van der Waals surface area contributed by atoms with E-state index in [9.17, 15) is 24.0 Å². The Hall–Kier alpha value is -6.16. The minimum absolute atomic E-state index is 0.0555. The number of hydrazine groups is 1. The van der Waals surface area contributed by atoms with Gasteiger partial charge in [-0.2, -0.15) is 0 Å². The number of likely N-dealkylation sites (N-methyl/N-ethyl adjacent to an activating group) is 2. The maximum Gasteiger partial charge on any atom is 0.307 e. The number of methoxy groups -OCH3 is 1. The monoisotopic (exact) mass is 999 g/mol. The standard InChI is InChI=1S/C58H78N8O7/c1-12-52(67)64-27-23-44(35-64)56(70)63(10)54(37(3)4)55(69)60-49-29-40-16-14-17-42(28-40)43-19-20-50-46(30-43)47(33-58(7,8)36-73-53(68)31-45-18-15-24-66(61-45)57(49)71)51(65(50)13-2)32-48(39(6)72-11)59-34-38(5)41-21-25-62(9)26-22-41/h12,14,16-17,19-21,28,30,32,34,37,39,44-45,49,54,61H,1,5,13,15,18,22-27,29,31,33,35-36H2,2-4,6-11H3,(H,60,69)/b48-32+,59-34?/t39-,44-,45-,49-,54-/m0/s1. The minimum Gasteiger partial charge on any atom is -0.465 e. The Morgan fingerprint density at radius 1 is 1.05 bits per heavy atom. The molecule has 0 spiro atoms. The number of aromatic nitrogens is 1. The molecular formula is C58H78N8O7. The highest BCUT2D eigenvalue weighted by Crippen LogP contribution is 2.37. The fraction of sp³-hybridized carbons (Fsp3) is 0.517. The van der Waals surface area contributed by atoms with Crippen LogP contribution < -0.4 is 10.7 Å². The van der Waals surface area contributed by atoms with Crippen molar-refractivity contribution in [2.45, 2.75) is 117 Å². The van der Waals surface area contributed by atoms with Crippen molar-refractivity contribution in [3.05, 3.63) is 101 Å². The number of hydrogen-bond donors (Lipinski definition) is 2. The maximum atomic E-state index is 14.8. The number of nitrogens with zero attached hydrogens (tertiary/aromatic N) is 6. The summed E-state index contributed by atoms with van der Waals surface area (Å²) in [6, 6.07) is 12.3. The van der Waals surface area contributed by atoms with E-state index in [1.807, 2.05) is 39.1 Å². The number of fused-ring (bicyclic) bond motifs is 6. The predicted octanol–water partition coefficient (Wildman–Crippen LogP) is 7.15. The molecule has 2 saturated heterocycles. The number of allylic oxidation sites excluding steroid dienone is 1. The van der Waals surface area contributed by atoms with Crippen LogP contribution in [-0.4, -0.2) is 145 Å².